The van der Waals surface area contributed by atoms with Crippen LogP contribution in [0.3, 0.4) is 0 Å². The zero-order valence-corrected chi connectivity index (χ0v) is 12.6. The lowest BCUT2D eigenvalue weighted by Crippen LogP contribution is -2.37. The number of piperidine rings is 1. The maximum Gasteiger partial charge on any atom is 0.156 e. The molecular weight excluding hydrogens is 242 g/mol. The molecule has 0 aromatic carbocycles. The van der Waals surface area contributed by atoms with Gasteiger partial charge in [0.05, 0.1) is 0 Å². The van der Waals surface area contributed by atoms with E-state index in [1.54, 1.807) is 0 Å². The highest BCUT2D eigenvalue weighted by molar-refractivity contribution is 8.13. The lowest BCUT2D eigenvalue weighted by molar-refractivity contribution is 0.214. The van der Waals surface area contributed by atoms with Crippen molar-refractivity contribution in [3.8, 4) is 0 Å². The summed E-state index contributed by atoms with van der Waals surface area (Å²) >= 11 is 1.90. The van der Waals surface area contributed by atoms with Crippen molar-refractivity contribution >= 4 is 16.9 Å². The van der Waals surface area contributed by atoms with Crippen molar-refractivity contribution in [3.63, 3.8) is 0 Å². The highest BCUT2D eigenvalue weighted by atomic mass is 32.2. The number of nitrogens with zero attached hydrogens (tertiary/aromatic N) is 2. The van der Waals surface area contributed by atoms with Crippen LogP contribution in [0.5, 0.6) is 0 Å². The Morgan fingerprint density at radius 3 is 2.83 bits per heavy atom. The second kappa shape index (κ2) is 7.39. The van der Waals surface area contributed by atoms with E-state index in [4.69, 9.17) is 4.99 Å². The third-order valence-corrected chi connectivity index (χ3v) is 5.12. The van der Waals surface area contributed by atoms with Gasteiger partial charge in [0.25, 0.3) is 0 Å². The minimum absolute atomic E-state index is 0.660. The predicted octanol–water partition coefficient (Wildman–Crippen LogP) is 2.58. The molecular formula is C14H27N3S. The zero-order chi connectivity index (χ0) is 12.8. The lowest BCUT2D eigenvalue weighted by Gasteiger charge is -2.28. The molecule has 4 heteroatoms. The molecule has 104 valence electrons. The Balaban J connectivity index is 1.67. The summed E-state index contributed by atoms with van der Waals surface area (Å²) in [5.41, 5.74) is 0. The molecule has 3 nitrogen and oxygen atoms in total. The summed E-state index contributed by atoms with van der Waals surface area (Å²) in [6.45, 7) is 5.81. The van der Waals surface area contributed by atoms with Crippen LogP contribution in [0.2, 0.25) is 0 Å². The van der Waals surface area contributed by atoms with Gasteiger partial charge in [-0.15, -0.1) is 0 Å². The molecule has 1 unspecified atom stereocenters. The van der Waals surface area contributed by atoms with Gasteiger partial charge < -0.3 is 10.2 Å². The molecule has 0 spiro atoms. The van der Waals surface area contributed by atoms with Crippen molar-refractivity contribution in [1.29, 1.82) is 0 Å². The Morgan fingerprint density at radius 1 is 1.33 bits per heavy atom. The van der Waals surface area contributed by atoms with E-state index >= 15 is 0 Å². The van der Waals surface area contributed by atoms with Crippen molar-refractivity contribution in [2.24, 2.45) is 10.9 Å². The van der Waals surface area contributed by atoms with Crippen LogP contribution in [0.4, 0.5) is 0 Å². The maximum absolute atomic E-state index is 4.75. The van der Waals surface area contributed by atoms with Gasteiger partial charge in [0.2, 0.25) is 0 Å². The van der Waals surface area contributed by atoms with Crippen LogP contribution < -0.4 is 5.32 Å². The van der Waals surface area contributed by atoms with E-state index in [2.05, 4.69) is 24.2 Å². The smallest absolute Gasteiger partial charge is 0.156 e. The monoisotopic (exact) mass is 269 g/mol. The van der Waals surface area contributed by atoms with Gasteiger partial charge >= 0.3 is 0 Å². The van der Waals surface area contributed by atoms with Crippen molar-refractivity contribution in [3.05, 3.63) is 0 Å². The number of hydrogen-bond acceptors (Lipinski definition) is 3. The van der Waals surface area contributed by atoms with E-state index in [0.717, 1.165) is 12.5 Å². The highest BCUT2D eigenvalue weighted by Crippen LogP contribution is 2.20. The second-order valence-electron chi connectivity index (χ2n) is 5.61. The van der Waals surface area contributed by atoms with Crippen molar-refractivity contribution in [1.82, 2.24) is 10.2 Å². The first-order valence-corrected chi connectivity index (χ1v) is 8.38. The van der Waals surface area contributed by atoms with Gasteiger partial charge in [-0.1, -0.05) is 18.7 Å². The summed E-state index contributed by atoms with van der Waals surface area (Å²) in [6, 6.07) is 0.660. The summed E-state index contributed by atoms with van der Waals surface area (Å²) in [5, 5.41) is 4.75. The fourth-order valence-corrected chi connectivity index (χ4v) is 3.71. The Hall–Kier alpha value is -0.220. The quantitative estimate of drug-likeness (QED) is 0.850. The first kappa shape index (κ1) is 14.2. The first-order valence-electron chi connectivity index (χ1n) is 7.40. The molecule has 0 aliphatic carbocycles. The van der Waals surface area contributed by atoms with Crippen LogP contribution >= 0.6 is 11.8 Å². The molecule has 2 heterocycles. The summed E-state index contributed by atoms with van der Waals surface area (Å²) in [4.78, 5) is 7.19. The first-order chi connectivity index (χ1) is 8.78. The van der Waals surface area contributed by atoms with Crippen molar-refractivity contribution in [2.45, 2.75) is 45.1 Å². The molecule has 2 aliphatic rings. The van der Waals surface area contributed by atoms with Gasteiger partial charge in [0, 0.05) is 18.3 Å². The van der Waals surface area contributed by atoms with E-state index in [-0.39, 0.29) is 0 Å². The van der Waals surface area contributed by atoms with Gasteiger partial charge in [-0.05, 0) is 58.2 Å². The Morgan fingerprint density at radius 2 is 2.11 bits per heavy atom. The number of amidine groups is 1. The van der Waals surface area contributed by atoms with Crippen LogP contribution in [-0.2, 0) is 0 Å². The van der Waals surface area contributed by atoms with Crippen LogP contribution in [0.1, 0.15) is 39.0 Å². The number of nitrogens with one attached hydrogen (secondary N) is 1. The Kier molecular flexibility index (Phi) is 5.83. The highest BCUT2D eigenvalue weighted by Gasteiger charge is 2.17. The normalized spacial score (nSPS) is 29.4. The molecule has 2 rings (SSSR count). The molecule has 2 aliphatic heterocycles. The minimum atomic E-state index is 0.660. The fraction of sp³-hybridized carbons (Fsp3) is 0.929. The van der Waals surface area contributed by atoms with Crippen LogP contribution in [0.25, 0.3) is 0 Å². The molecule has 0 saturated carbocycles. The van der Waals surface area contributed by atoms with E-state index in [0.29, 0.717) is 6.04 Å². The van der Waals surface area contributed by atoms with Gasteiger partial charge in [-0.2, -0.15) is 0 Å². The summed E-state index contributed by atoms with van der Waals surface area (Å²) < 4.78 is 0. The van der Waals surface area contributed by atoms with Crippen molar-refractivity contribution < 1.29 is 0 Å². The van der Waals surface area contributed by atoms with Gasteiger partial charge in [-0.25, -0.2) is 0 Å². The fourth-order valence-electron chi connectivity index (χ4n) is 2.68. The zero-order valence-electron chi connectivity index (χ0n) is 11.8. The van der Waals surface area contributed by atoms with Crippen LogP contribution in [-0.4, -0.2) is 48.5 Å². The molecule has 0 bridgehead atoms. The third kappa shape index (κ3) is 4.47. The molecule has 1 atom stereocenters. The largest absolute Gasteiger partial charge is 0.362 e. The SMILES string of the molecule is CCC1CCSC(=NCCC2CCN(C)CC2)N1. The van der Waals surface area contributed by atoms with Gasteiger partial charge in [0.15, 0.2) is 5.17 Å². The van der Waals surface area contributed by atoms with E-state index < -0.39 is 0 Å². The van der Waals surface area contributed by atoms with E-state index in [1.807, 2.05) is 11.8 Å². The van der Waals surface area contributed by atoms with E-state index in [1.165, 1.54) is 56.1 Å². The average molecular weight is 269 g/mol. The molecule has 0 aromatic heterocycles. The number of likely N-dealkylation sites (tertiary alicyclic amines) is 1. The second-order valence-corrected chi connectivity index (χ2v) is 6.69. The number of rotatable bonds is 4. The Labute approximate surface area is 116 Å². The molecule has 0 amide bonds. The summed E-state index contributed by atoms with van der Waals surface area (Å²) in [5.74, 6) is 2.14. The molecule has 1 N–H and O–H groups in total. The molecule has 2 fully saturated rings. The van der Waals surface area contributed by atoms with Crippen LogP contribution in [0, 0.1) is 5.92 Å². The standard InChI is InChI=1S/C14H27N3S/c1-3-13-7-11-18-14(16-13)15-8-4-12-5-9-17(2)10-6-12/h12-13H,3-11H2,1-2H3,(H,15,16). The topological polar surface area (TPSA) is 27.6 Å². The third-order valence-electron chi connectivity index (χ3n) is 4.16. The minimum Gasteiger partial charge on any atom is -0.362 e. The molecule has 0 radical (unpaired) electrons. The maximum atomic E-state index is 4.75. The summed E-state index contributed by atoms with van der Waals surface area (Å²) in [7, 11) is 2.23. The Bertz CT molecular complexity index is 272. The summed E-state index contributed by atoms with van der Waals surface area (Å²) in [6.07, 6.45) is 6.50. The number of hydrogen-bond donors (Lipinski definition) is 1. The molecule has 18 heavy (non-hydrogen) atoms. The van der Waals surface area contributed by atoms with Crippen molar-refractivity contribution in [2.75, 3.05) is 32.4 Å². The number of aliphatic imine (C=N–C) groups is 1. The number of thioether (sulfide) groups is 1. The van der Waals surface area contributed by atoms with Gasteiger partial charge in [0.1, 0.15) is 0 Å². The molecule has 0 aromatic rings. The average Bonchev–Trinajstić information content (AvgIpc) is 2.41. The lowest BCUT2D eigenvalue weighted by atomic mass is 9.94. The van der Waals surface area contributed by atoms with Crippen LogP contribution in [0.15, 0.2) is 4.99 Å². The predicted molar refractivity (Wildman–Crippen MR) is 81.4 cm³/mol. The van der Waals surface area contributed by atoms with E-state index in [9.17, 15) is 0 Å². The van der Waals surface area contributed by atoms with Gasteiger partial charge in [-0.3, -0.25) is 4.99 Å². The molecule has 2 saturated heterocycles.